The van der Waals surface area contributed by atoms with E-state index in [1.165, 1.54) is 5.56 Å². The van der Waals surface area contributed by atoms with Crippen molar-refractivity contribution < 1.29 is 4.74 Å². The van der Waals surface area contributed by atoms with Gasteiger partial charge < -0.3 is 4.74 Å². The summed E-state index contributed by atoms with van der Waals surface area (Å²) in [6.45, 7) is 4.40. The Kier molecular flexibility index (Phi) is 5.33. The fraction of sp³-hybridized carbons (Fsp3) is 0.294. The van der Waals surface area contributed by atoms with Gasteiger partial charge in [-0.05, 0) is 36.1 Å². The highest BCUT2D eigenvalue weighted by atomic mass is 35.5. The predicted molar refractivity (Wildman–Crippen MR) is 86.2 cm³/mol. The highest BCUT2D eigenvalue weighted by Gasteiger charge is 2.09. The van der Waals surface area contributed by atoms with E-state index in [-0.39, 0.29) is 0 Å². The molecule has 1 unspecified atom stereocenters. The zero-order valence-electron chi connectivity index (χ0n) is 11.7. The third kappa shape index (κ3) is 3.47. The monoisotopic (exact) mass is 308 g/mol. The lowest BCUT2D eigenvalue weighted by molar-refractivity contribution is 0.478. The molecule has 0 aliphatic rings. The van der Waals surface area contributed by atoms with E-state index < -0.39 is 0 Å². The molecule has 0 radical (unpaired) electrons. The molecule has 1 nitrogen and oxygen atoms in total. The summed E-state index contributed by atoms with van der Waals surface area (Å²) in [6, 6.07) is 13.7. The highest BCUT2D eigenvalue weighted by molar-refractivity contribution is 6.32. The van der Waals surface area contributed by atoms with Crippen LogP contribution in [0.15, 0.2) is 42.5 Å². The number of rotatable bonds is 5. The van der Waals surface area contributed by atoms with Crippen molar-refractivity contribution in [2.24, 2.45) is 0 Å². The van der Waals surface area contributed by atoms with Gasteiger partial charge in [0.2, 0.25) is 0 Å². The molecule has 0 saturated heterocycles. The topological polar surface area (TPSA) is 9.23 Å². The molecule has 2 aromatic carbocycles. The molecule has 3 heteroatoms. The molecule has 0 fully saturated rings. The molecule has 0 spiro atoms. The molecule has 0 aliphatic carbocycles. The van der Waals surface area contributed by atoms with Crippen LogP contribution in [0.3, 0.4) is 0 Å². The lowest BCUT2D eigenvalue weighted by atomic mass is 9.99. The predicted octanol–water partition coefficient (Wildman–Crippen LogP) is 6.38. The quantitative estimate of drug-likeness (QED) is 0.582. The van der Waals surface area contributed by atoms with Crippen LogP contribution in [0, 0.1) is 0 Å². The maximum atomic E-state index is 6.18. The van der Waals surface area contributed by atoms with E-state index in [2.05, 4.69) is 26.0 Å². The molecule has 0 saturated carbocycles. The van der Waals surface area contributed by atoms with E-state index in [0.29, 0.717) is 22.6 Å². The lowest BCUT2D eigenvalue weighted by Gasteiger charge is -2.13. The first-order valence-electron chi connectivity index (χ1n) is 6.76. The summed E-state index contributed by atoms with van der Waals surface area (Å²) in [6.07, 6.45) is 1.13. The van der Waals surface area contributed by atoms with Crippen LogP contribution in [-0.2, 0) is 5.88 Å². The Morgan fingerprint density at radius 1 is 1.10 bits per heavy atom. The summed E-state index contributed by atoms with van der Waals surface area (Å²) >= 11 is 12.1. The van der Waals surface area contributed by atoms with E-state index >= 15 is 0 Å². The first kappa shape index (κ1) is 15.2. The lowest BCUT2D eigenvalue weighted by Crippen LogP contribution is -1.93. The van der Waals surface area contributed by atoms with Crippen molar-refractivity contribution in [1.29, 1.82) is 0 Å². The zero-order valence-corrected chi connectivity index (χ0v) is 13.2. The highest BCUT2D eigenvalue weighted by Crippen LogP contribution is 2.34. The Labute approximate surface area is 130 Å². The minimum atomic E-state index is 0.376. The maximum absolute atomic E-state index is 6.18. The van der Waals surface area contributed by atoms with Gasteiger partial charge >= 0.3 is 0 Å². The number of ether oxygens (including phenoxy) is 1. The molecular formula is C17H18Cl2O. The number of alkyl halides is 1. The fourth-order valence-corrected chi connectivity index (χ4v) is 2.43. The van der Waals surface area contributed by atoms with Crippen molar-refractivity contribution in [3.05, 3.63) is 58.6 Å². The van der Waals surface area contributed by atoms with Crippen LogP contribution in [0.1, 0.15) is 37.3 Å². The van der Waals surface area contributed by atoms with Crippen molar-refractivity contribution in [2.45, 2.75) is 32.1 Å². The van der Waals surface area contributed by atoms with Crippen molar-refractivity contribution in [2.75, 3.05) is 0 Å². The Balaban J connectivity index is 2.22. The van der Waals surface area contributed by atoms with Crippen LogP contribution in [0.2, 0.25) is 5.02 Å². The first-order chi connectivity index (χ1) is 9.65. The van der Waals surface area contributed by atoms with Gasteiger partial charge in [0.05, 0.1) is 10.9 Å². The Bertz CT molecular complexity index is 564. The van der Waals surface area contributed by atoms with Crippen molar-refractivity contribution in [3.63, 3.8) is 0 Å². The molecule has 0 N–H and O–H groups in total. The summed E-state index contributed by atoms with van der Waals surface area (Å²) in [7, 11) is 0. The fourth-order valence-electron chi connectivity index (χ4n) is 1.99. The second-order valence-corrected chi connectivity index (χ2v) is 5.52. The SMILES string of the molecule is CCC(C)c1ccc(Oc2c(Cl)cccc2CCl)cc1. The normalized spacial score (nSPS) is 12.2. The standard InChI is InChI=1S/C17H18Cl2O/c1-3-12(2)13-7-9-15(10-8-13)20-17-14(11-18)5-4-6-16(17)19/h4-10,12H,3,11H2,1-2H3. The number of halogens is 2. The van der Waals surface area contributed by atoms with Gasteiger partial charge in [-0.25, -0.2) is 0 Å². The zero-order chi connectivity index (χ0) is 14.5. The number of para-hydroxylation sites is 1. The molecule has 0 aliphatic heterocycles. The molecule has 2 aromatic rings. The average Bonchev–Trinajstić information content (AvgIpc) is 2.49. The van der Waals surface area contributed by atoms with Crippen LogP contribution in [0.5, 0.6) is 11.5 Å². The van der Waals surface area contributed by atoms with Gasteiger partial charge in [-0.1, -0.05) is 49.7 Å². The van der Waals surface area contributed by atoms with Gasteiger partial charge in [0.15, 0.2) is 0 Å². The van der Waals surface area contributed by atoms with Crippen LogP contribution in [0.4, 0.5) is 0 Å². The number of benzene rings is 2. The number of hydrogen-bond donors (Lipinski definition) is 0. The van der Waals surface area contributed by atoms with Gasteiger partial charge in [-0.15, -0.1) is 11.6 Å². The second kappa shape index (κ2) is 7.01. The van der Waals surface area contributed by atoms with Crippen LogP contribution in [0.25, 0.3) is 0 Å². The molecular weight excluding hydrogens is 291 g/mol. The summed E-state index contributed by atoms with van der Waals surface area (Å²) in [5.41, 5.74) is 2.21. The van der Waals surface area contributed by atoms with E-state index in [4.69, 9.17) is 27.9 Å². The van der Waals surface area contributed by atoms with Crippen molar-refractivity contribution in [1.82, 2.24) is 0 Å². The van der Waals surface area contributed by atoms with Gasteiger partial charge in [0.1, 0.15) is 11.5 Å². The Hall–Kier alpha value is -1.18. The Morgan fingerprint density at radius 3 is 2.40 bits per heavy atom. The third-order valence-electron chi connectivity index (χ3n) is 3.47. The van der Waals surface area contributed by atoms with Gasteiger partial charge in [0, 0.05) is 5.56 Å². The molecule has 1 atom stereocenters. The minimum Gasteiger partial charge on any atom is -0.455 e. The van der Waals surface area contributed by atoms with E-state index in [1.54, 1.807) is 6.07 Å². The minimum absolute atomic E-state index is 0.376. The van der Waals surface area contributed by atoms with Crippen molar-refractivity contribution in [3.8, 4) is 11.5 Å². The maximum Gasteiger partial charge on any atom is 0.150 e. The number of hydrogen-bond acceptors (Lipinski definition) is 1. The molecule has 0 heterocycles. The average molecular weight is 309 g/mol. The molecule has 0 amide bonds. The summed E-state index contributed by atoms with van der Waals surface area (Å²) < 4.78 is 5.88. The summed E-state index contributed by atoms with van der Waals surface area (Å²) in [4.78, 5) is 0. The molecule has 20 heavy (non-hydrogen) atoms. The molecule has 0 bridgehead atoms. The smallest absolute Gasteiger partial charge is 0.150 e. The largest absolute Gasteiger partial charge is 0.455 e. The van der Waals surface area contributed by atoms with Gasteiger partial charge in [0.25, 0.3) is 0 Å². The Morgan fingerprint density at radius 2 is 1.80 bits per heavy atom. The first-order valence-corrected chi connectivity index (χ1v) is 7.68. The molecule has 0 aromatic heterocycles. The summed E-state index contributed by atoms with van der Waals surface area (Å²) in [5, 5.41) is 0.578. The second-order valence-electron chi connectivity index (χ2n) is 4.84. The summed E-state index contributed by atoms with van der Waals surface area (Å²) in [5.74, 6) is 2.35. The third-order valence-corrected chi connectivity index (χ3v) is 4.06. The van der Waals surface area contributed by atoms with E-state index in [0.717, 1.165) is 17.7 Å². The van der Waals surface area contributed by atoms with Gasteiger partial charge in [-0.2, -0.15) is 0 Å². The van der Waals surface area contributed by atoms with Crippen LogP contribution < -0.4 is 4.74 Å². The van der Waals surface area contributed by atoms with Crippen molar-refractivity contribution >= 4 is 23.2 Å². The molecule has 106 valence electrons. The van der Waals surface area contributed by atoms with Crippen LogP contribution in [-0.4, -0.2) is 0 Å². The van der Waals surface area contributed by atoms with Gasteiger partial charge in [-0.3, -0.25) is 0 Å². The molecule has 2 rings (SSSR count). The van der Waals surface area contributed by atoms with Crippen LogP contribution >= 0.6 is 23.2 Å². The van der Waals surface area contributed by atoms with E-state index in [9.17, 15) is 0 Å². The van der Waals surface area contributed by atoms with E-state index in [1.807, 2.05) is 24.3 Å².